The second-order valence-corrected chi connectivity index (χ2v) is 5.21. The van der Waals surface area contributed by atoms with E-state index in [4.69, 9.17) is 0 Å². The fourth-order valence-electron chi connectivity index (χ4n) is 1.55. The first-order valence-corrected chi connectivity index (χ1v) is 6.04. The Morgan fingerprint density at radius 3 is 2.59 bits per heavy atom. The summed E-state index contributed by atoms with van der Waals surface area (Å²) in [5.41, 5.74) is 2.09. The van der Waals surface area contributed by atoms with Gasteiger partial charge in [0.15, 0.2) is 0 Å². The minimum atomic E-state index is -0.177. The van der Waals surface area contributed by atoms with Gasteiger partial charge in [0, 0.05) is 11.2 Å². The molecule has 0 saturated heterocycles. The minimum Gasteiger partial charge on any atom is -0.376 e. The molecule has 1 rings (SSSR count). The molecule has 0 radical (unpaired) electrons. The summed E-state index contributed by atoms with van der Waals surface area (Å²) in [6.07, 6.45) is 1.00. The molecule has 0 aliphatic rings. The number of amides is 1. The Morgan fingerprint density at radius 2 is 2.00 bits per heavy atom. The molecule has 0 aromatic heterocycles. The van der Waals surface area contributed by atoms with E-state index in [0.29, 0.717) is 6.54 Å². The molecule has 0 saturated carbocycles. The van der Waals surface area contributed by atoms with Gasteiger partial charge in [-0.05, 0) is 44.9 Å². The fourth-order valence-corrected chi connectivity index (χ4v) is 1.55. The quantitative estimate of drug-likeness (QED) is 0.840. The second-order valence-electron chi connectivity index (χ2n) is 5.21. The normalized spacial score (nSPS) is 11.1. The third-order valence-corrected chi connectivity index (χ3v) is 2.30. The number of hydrogen-bond donors (Lipinski definition) is 2. The summed E-state index contributed by atoms with van der Waals surface area (Å²) >= 11 is 0. The minimum absolute atomic E-state index is 0.0133. The number of aryl methyl sites for hydroxylation is 1. The zero-order valence-corrected chi connectivity index (χ0v) is 11.1. The van der Waals surface area contributed by atoms with Gasteiger partial charge in [0.1, 0.15) is 0 Å². The first-order valence-electron chi connectivity index (χ1n) is 6.04. The molecule has 0 heterocycles. The molecule has 3 nitrogen and oxygen atoms in total. The molecular weight excluding hydrogens is 212 g/mol. The first-order chi connectivity index (χ1) is 7.90. The maximum atomic E-state index is 11.6. The number of carbonyl (C=O) groups excluding carboxylic acids is 1. The van der Waals surface area contributed by atoms with Crippen LogP contribution in [0.25, 0.3) is 0 Å². The standard InChI is InChI=1S/C14H22N2O/c1-5-11-7-6-8-12(9-11)15-10-13(17)16-14(2,3)4/h6-9,15H,5,10H2,1-4H3,(H,16,17). The predicted molar refractivity (Wildman–Crippen MR) is 72.2 cm³/mol. The summed E-state index contributed by atoms with van der Waals surface area (Å²) < 4.78 is 0. The lowest BCUT2D eigenvalue weighted by Gasteiger charge is -2.20. The van der Waals surface area contributed by atoms with Crippen molar-refractivity contribution in [1.82, 2.24) is 5.32 Å². The molecule has 17 heavy (non-hydrogen) atoms. The summed E-state index contributed by atoms with van der Waals surface area (Å²) in [6, 6.07) is 8.14. The molecule has 2 N–H and O–H groups in total. The van der Waals surface area contributed by atoms with Gasteiger partial charge in [0.05, 0.1) is 6.54 Å². The van der Waals surface area contributed by atoms with Crippen LogP contribution in [0, 0.1) is 0 Å². The van der Waals surface area contributed by atoms with Crippen molar-refractivity contribution >= 4 is 11.6 Å². The summed E-state index contributed by atoms with van der Waals surface area (Å²) in [4.78, 5) is 11.6. The average molecular weight is 234 g/mol. The average Bonchev–Trinajstić information content (AvgIpc) is 2.24. The maximum absolute atomic E-state index is 11.6. The number of anilines is 1. The zero-order chi connectivity index (χ0) is 12.9. The zero-order valence-electron chi connectivity index (χ0n) is 11.1. The van der Waals surface area contributed by atoms with Crippen LogP contribution in [0.4, 0.5) is 5.69 Å². The van der Waals surface area contributed by atoms with E-state index in [-0.39, 0.29) is 11.4 Å². The van der Waals surface area contributed by atoms with Crippen LogP contribution < -0.4 is 10.6 Å². The molecule has 1 amide bonds. The molecule has 94 valence electrons. The monoisotopic (exact) mass is 234 g/mol. The van der Waals surface area contributed by atoms with Crippen molar-refractivity contribution in [3.8, 4) is 0 Å². The molecule has 0 spiro atoms. The van der Waals surface area contributed by atoms with Crippen LogP contribution in [0.15, 0.2) is 24.3 Å². The van der Waals surface area contributed by atoms with Gasteiger partial charge in [-0.25, -0.2) is 0 Å². The highest BCUT2D eigenvalue weighted by molar-refractivity contribution is 5.81. The lowest BCUT2D eigenvalue weighted by molar-refractivity contribution is -0.120. The van der Waals surface area contributed by atoms with Crippen molar-refractivity contribution < 1.29 is 4.79 Å². The number of hydrogen-bond acceptors (Lipinski definition) is 2. The van der Waals surface area contributed by atoms with Crippen molar-refractivity contribution in [1.29, 1.82) is 0 Å². The van der Waals surface area contributed by atoms with E-state index < -0.39 is 0 Å². The molecule has 0 aliphatic heterocycles. The van der Waals surface area contributed by atoms with Gasteiger partial charge in [0.25, 0.3) is 0 Å². The van der Waals surface area contributed by atoms with Crippen LogP contribution in [0.3, 0.4) is 0 Å². The Balaban J connectivity index is 2.47. The third kappa shape index (κ3) is 5.38. The van der Waals surface area contributed by atoms with E-state index in [1.54, 1.807) is 0 Å². The van der Waals surface area contributed by atoms with E-state index in [1.165, 1.54) is 5.56 Å². The Kier molecular flexibility index (Phi) is 4.55. The largest absolute Gasteiger partial charge is 0.376 e. The fraction of sp³-hybridized carbons (Fsp3) is 0.500. The Hall–Kier alpha value is -1.51. The summed E-state index contributed by atoms with van der Waals surface area (Å²) in [5, 5.41) is 6.05. The molecular formula is C14H22N2O. The molecule has 0 bridgehead atoms. The first kappa shape index (κ1) is 13.6. The van der Waals surface area contributed by atoms with Gasteiger partial charge in [-0.2, -0.15) is 0 Å². The number of carbonyl (C=O) groups is 1. The van der Waals surface area contributed by atoms with Crippen LogP contribution in [-0.2, 0) is 11.2 Å². The molecule has 0 atom stereocenters. The Bertz CT molecular complexity index is 380. The summed E-state index contributed by atoms with van der Waals surface area (Å²) in [5.74, 6) is 0.0133. The second kappa shape index (κ2) is 5.71. The van der Waals surface area contributed by atoms with Crippen molar-refractivity contribution in [2.24, 2.45) is 0 Å². The van der Waals surface area contributed by atoms with Crippen LogP contribution in [0.2, 0.25) is 0 Å². The Morgan fingerprint density at radius 1 is 1.29 bits per heavy atom. The van der Waals surface area contributed by atoms with Crippen LogP contribution in [0.1, 0.15) is 33.3 Å². The number of benzene rings is 1. The molecule has 0 aliphatic carbocycles. The van der Waals surface area contributed by atoms with Gasteiger partial charge < -0.3 is 10.6 Å². The topological polar surface area (TPSA) is 41.1 Å². The van der Waals surface area contributed by atoms with Crippen LogP contribution in [-0.4, -0.2) is 18.0 Å². The molecule has 1 aromatic carbocycles. The van der Waals surface area contributed by atoms with E-state index in [1.807, 2.05) is 32.9 Å². The smallest absolute Gasteiger partial charge is 0.239 e. The lowest BCUT2D eigenvalue weighted by Crippen LogP contribution is -2.43. The van der Waals surface area contributed by atoms with Gasteiger partial charge in [-0.3, -0.25) is 4.79 Å². The van der Waals surface area contributed by atoms with Crippen LogP contribution in [0.5, 0.6) is 0 Å². The van der Waals surface area contributed by atoms with E-state index in [2.05, 4.69) is 29.7 Å². The van der Waals surface area contributed by atoms with E-state index in [0.717, 1.165) is 12.1 Å². The van der Waals surface area contributed by atoms with Crippen molar-refractivity contribution in [3.05, 3.63) is 29.8 Å². The SMILES string of the molecule is CCc1cccc(NCC(=O)NC(C)(C)C)c1. The third-order valence-electron chi connectivity index (χ3n) is 2.30. The van der Waals surface area contributed by atoms with Crippen molar-refractivity contribution in [3.63, 3.8) is 0 Å². The van der Waals surface area contributed by atoms with Gasteiger partial charge in [0.2, 0.25) is 5.91 Å². The predicted octanol–water partition coefficient (Wildman–Crippen LogP) is 2.58. The summed E-state index contributed by atoms with van der Waals surface area (Å²) in [7, 11) is 0. The van der Waals surface area contributed by atoms with Gasteiger partial charge in [-0.1, -0.05) is 19.1 Å². The molecule has 3 heteroatoms. The van der Waals surface area contributed by atoms with Crippen molar-refractivity contribution in [2.75, 3.05) is 11.9 Å². The summed E-state index contributed by atoms with van der Waals surface area (Å²) in [6.45, 7) is 8.35. The molecule has 0 fully saturated rings. The Labute approximate surface area is 104 Å². The highest BCUT2D eigenvalue weighted by Crippen LogP contribution is 2.10. The highest BCUT2D eigenvalue weighted by atomic mass is 16.2. The molecule has 1 aromatic rings. The number of nitrogens with one attached hydrogen (secondary N) is 2. The van der Waals surface area contributed by atoms with Crippen molar-refractivity contribution in [2.45, 2.75) is 39.7 Å². The highest BCUT2D eigenvalue weighted by Gasteiger charge is 2.12. The van der Waals surface area contributed by atoms with E-state index >= 15 is 0 Å². The van der Waals surface area contributed by atoms with Crippen LogP contribution >= 0.6 is 0 Å². The lowest BCUT2D eigenvalue weighted by atomic mass is 10.1. The molecule has 0 unspecified atom stereocenters. The maximum Gasteiger partial charge on any atom is 0.239 e. The van der Waals surface area contributed by atoms with E-state index in [9.17, 15) is 4.79 Å². The van der Waals surface area contributed by atoms with Gasteiger partial charge >= 0.3 is 0 Å². The van der Waals surface area contributed by atoms with Gasteiger partial charge in [-0.15, -0.1) is 0 Å². The number of rotatable bonds is 4.